The van der Waals surface area contributed by atoms with E-state index < -0.39 is 5.97 Å². The van der Waals surface area contributed by atoms with Gasteiger partial charge in [0.25, 0.3) is 0 Å². The number of rotatable bonds is 6. The summed E-state index contributed by atoms with van der Waals surface area (Å²) in [6.45, 7) is 2.30. The lowest BCUT2D eigenvalue weighted by Crippen LogP contribution is -2.30. The Morgan fingerprint density at radius 3 is 2.45 bits per heavy atom. The van der Waals surface area contributed by atoms with Gasteiger partial charge in [-0.2, -0.15) is 0 Å². The van der Waals surface area contributed by atoms with Crippen molar-refractivity contribution in [1.82, 2.24) is 4.90 Å². The smallest absolute Gasteiger partial charge is 0.343 e. The van der Waals surface area contributed by atoms with Crippen molar-refractivity contribution in [2.24, 2.45) is 5.92 Å². The minimum absolute atomic E-state index is 0.348. The third-order valence-corrected chi connectivity index (χ3v) is 6.12. The Hall–Kier alpha value is -2.98. The molecule has 3 aromatic rings. The van der Waals surface area contributed by atoms with Gasteiger partial charge in [-0.1, -0.05) is 42.5 Å². The molecule has 4 rings (SSSR count). The van der Waals surface area contributed by atoms with Gasteiger partial charge in [0.15, 0.2) is 0 Å². The van der Waals surface area contributed by atoms with Crippen LogP contribution in [0.4, 0.5) is 4.39 Å². The first-order chi connectivity index (χ1) is 15.1. The van der Waals surface area contributed by atoms with Crippen molar-refractivity contribution < 1.29 is 13.9 Å². The second-order valence-electron chi connectivity index (χ2n) is 8.34. The number of nitrogens with zero attached hydrogens (tertiary/aromatic N) is 1. The summed E-state index contributed by atoms with van der Waals surface area (Å²) in [5.74, 6) is 0.297. The Balaban J connectivity index is 1.58. The molecule has 31 heavy (non-hydrogen) atoms. The van der Waals surface area contributed by atoms with Crippen LogP contribution in [0.5, 0.6) is 5.75 Å². The van der Waals surface area contributed by atoms with Crippen LogP contribution in [-0.4, -0.2) is 31.0 Å². The number of ether oxygens (including phenoxy) is 1. The predicted octanol–water partition coefficient (Wildman–Crippen LogP) is 5.99. The number of halogens is 1. The second-order valence-corrected chi connectivity index (χ2v) is 8.34. The molecule has 0 radical (unpaired) electrons. The number of carbonyl (C=O) groups is 1. The molecule has 3 nitrogen and oxygen atoms in total. The van der Waals surface area contributed by atoms with E-state index in [4.69, 9.17) is 4.74 Å². The summed E-state index contributed by atoms with van der Waals surface area (Å²) in [4.78, 5) is 15.0. The maximum Gasteiger partial charge on any atom is 0.343 e. The molecule has 160 valence electrons. The monoisotopic (exact) mass is 417 g/mol. The van der Waals surface area contributed by atoms with E-state index in [9.17, 15) is 9.18 Å². The zero-order valence-electron chi connectivity index (χ0n) is 17.9. The zero-order valence-corrected chi connectivity index (χ0v) is 17.9. The Kier molecular flexibility index (Phi) is 6.78. The molecular formula is C27H28FNO2. The highest BCUT2D eigenvalue weighted by atomic mass is 19.1. The fourth-order valence-electron chi connectivity index (χ4n) is 4.25. The number of esters is 1. The molecule has 0 aromatic heterocycles. The van der Waals surface area contributed by atoms with Crippen LogP contribution in [0.15, 0.2) is 72.8 Å². The minimum atomic E-state index is -0.447. The predicted molar refractivity (Wildman–Crippen MR) is 122 cm³/mol. The Morgan fingerprint density at radius 2 is 1.68 bits per heavy atom. The number of benzene rings is 3. The molecule has 0 spiro atoms. The fourth-order valence-corrected chi connectivity index (χ4v) is 4.25. The van der Waals surface area contributed by atoms with E-state index >= 15 is 0 Å². The number of aryl methyl sites for hydroxylation is 1. The Morgan fingerprint density at radius 1 is 0.968 bits per heavy atom. The van der Waals surface area contributed by atoms with E-state index in [1.54, 1.807) is 30.3 Å². The van der Waals surface area contributed by atoms with Crippen LogP contribution in [0.25, 0.3) is 11.1 Å². The summed E-state index contributed by atoms with van der Waals surface area (Å²) < 4.78 is 19.9. The van der Waals surface area contributed by atoms with E-state index in [0.717, 1.165) is 37.1 Å². The molecule has 1 saturated heterocycles. The van der Waals surface area contributed by atoms with Crippen molar-refractivity contribution in [3.63, 3.8) is 0 Å². The maximum atomic E-state index is 14.2. The molecule has 0 atom stereocenters. The number of hydrogen-bond donors (Lipinski definition) is 0. The number of hydrogen-bond acceptors (Lipinski definition) is 3. The summed E-state index contributed by atoms with van der Waals surface area (Å²) in [5, 5.41) is 0. The molecule has 1 aliphatic heterocycles. The van der Waals surface area contributed by atoms with Crippen molar-refractivity contribution in [2.75, 3.05) is 20.1 Å². The highest BCUT2D eigenvalue weighted by Crippen LogP contribution is 2.35. The molecule has 0 amide bonds. The zero-order chi connectivity index (χ0) is 21.6. The van der Waals surface area contributed by atoms with Gasteiger partial charge in [0.05, 0.1) is 5.56 Å². The van der Waals surface area contributed by atoms with Gasteiger partial charge >= 0.3 is 5.97 Å². The molecule has 1 aliphatic rings. The van der Waals surface area contributed by atoms with E-state index in [1.807, 2.05) is 24.3 Å². The fraction of sp³-hybridized carbons (Fsp3) is 0.296. The summed E-state index contributed by atoms with van der Waals surface area (Å²) >= 11 is 0. The van der Waals surface area contributed by atoms with Crippen LogP contribution < -0.4 is 4.74 Å². The molecule has 0 aliphatic carbocycles. The van der Waals surface area contributed by atoms with Crippen molar-refractivity contribution >= 4 is 5.97 Å². The van der Waals surface area contributed by atoms with Crippen LogP contribution in [0.2, 0.25) is 0 Å². The quantitative estimate of drug-likeness (QED) is 0.365. The van der Waals surface area contributed by atoms with Gasteiger partial charge in [-0.05, 0) is 93.2 Å². The highest BCUT2D eigenvalue weighted by Gasteiger charge is 2.19. The topological polar surface area (TPSA) is 29.5 Å². The van der Waals surface area contributed by atoms with Gasteiger partial charge < -0.3 is 9.64 Å². The van der Waals surface area contributed by atoms with E-state index in [0.29, 0.717) is 22.8 Å². The van der Waals surface area contributed by atoms with Gasteiger partial charge in [-0.15, -0.1) is 0 Å². The Labute approximate surface area is 183 Å². The lowest BCUT2D eigenvalue weighted by Gasteiger charge is -2.29. The Bertz CT molecular complexity index is 1030. The minimum Gasteiger partial charge on any atom is -0.422 e. The van der Waals surface area contributed by atoms with E-state index in [-0.39, 0.29) is 5.82 Å². The lowest BCUT2D eigenvalue weighted by molar-refractivity contribution is 0.0735. The van der Waals surface area contributed by atoms with Crippen molar-refractivity contribution in [3.8, 4) is 16.9 Å². The van der Waals surface area contributed by atoms with Gasteiger partial charge in [0, 0.05) is 5.56 Å². The number of likely N-dealkylation sites (tertiary alicyclic amines) is 1. The molecule has 1 heterocycles. The average Bonchev–Trinajstić information content (AvgIpc) is 2.80. The summed E-state index contributed by atoms with van der Waals surface area (Å²) in [6.07, 6.45) is 4.48. The molecule has 1 fully saturated rings. The molecule has 3 aromatic carbocycles. The SMILES string of the molecule is CN1CCC(CCc2ccccc2-c2cc(F)ccc2OC(=O)c2ccccc2)CC1. The van der Waals surface area contributed by atoms with Gasteiger partial charge in [0.2, 0.25) is 0 Å². The molecule has 0 N–H and O–H groups in total. The molecule has 0 unspecified atom stereocenters. The summed E-state index contributed by atoms with van der Waals surface area (Å²) in [6, 6.07) is 21.2. The van der Waals surface area contributed by atoms with Crippen molar-refractivity contribution in [1.29, 1.82) is 0 Å². The molecule has 0 bridgehead atoms. The third kappa shape index (κ3) is 5.39. The van der Waals surface area contributed by atoms with Crippen LogP contribution in [0, 0.1) is 11.7 Å². The van der Waals surface area contributed by atoms with E-state index in [2.05, 4.69) is 18.0 Å². The number of piperidine rings is 1. The summed E-state index contributed by atoms with van der Waals surface area (Å²) in [7, 11) is 2.17. The summed E-state index contributed by atoms with van der Waals surface area (Å²) in [5.41, 5.74) is 3.16. The van der Waals surface area contributed by atoms with Crippen molar-refractivity contribution in [2.45, 2.75) is 25.7 Å². The average molecular weight is 418 g/mol. The van der Waals surface area contributed by atoms with Crippen LogP contribution in [-0.2, 0) is 6.42 Å². The molecular weight excluding hydrogens is 389 g/mol. The maximum absolute atomic E-state index is 14.2. The van der Waals surface area contributed by atoms with Crippen molar-refractivity contribution in [3.05, 3.63) is 89.7 Å². The van der Waals surface area contributed by atoms with Crippen LogP contribution in [0.1, 0.15) is 35.2 Å². The third-order valence-electron chi connectivity index (χ3n) is 6.12. The molecule has 0 saturated carbocycles. The van der Waals surface area contributed by atoms with Gasteiger partial charge in [0.1, 0.15) is 11.6 Å². The number of carbonyl (C=O) groups excluding carboxylic acids is 1. The first-order valence-electron chi connectivity index (χ1n) is 10.9. The van der Waals surface area contributed by atoms with E-state index in [1.165, 1.54) is 25.0 Å². The largest absolute Gasteiger partial charge is 0.422 e. The van der Waals surface area contributed by atoms with Crippen LogP contribution in [0.3, 0.4) is 0 Å². The first kappa shape index (κ1) is 21.3. The normalized spacial score (nSPS) is 15.0. The van der Waals surface area contributed by atoms with Crippen LogP contribution >= 0.6 is 0 Å². The standard InChI is InChI=1S/C27H28FNO2/c1-29-17-15-20(16-18-29)11-12-21-7-5-6-10-24(21)25-19-23(28)13-14-26(25)31-27(30)22-8-3-2-4-9-22/h2-10,13-14,19-20H,11-12,15-18H2,1H3. The first-order valence-corrected chi connectivity index (χ1v) is 10.9. The second kappa shape index (κ2) is 9.88. The van der Waals surface area contributed by atoms with Gasteiger partial charge in [-0.3, -0.25) is 0 Å². The highest BCUT2D eigenvalue weighted by molar-refractivity contribution is 5.92. The lowest BCUT2D eigenvalue weighted by atomic mass is 9.88. The van der Waals surface area contributed by atoms with Gasteiger partial charge in [-0.25, -0.2) is 9.18 Å². The molecule has 4 heteroatoms.